The topological polar surface area (TPSA) is 23.6 Å². The van der Waals surface area contributed by atoms with Crippen molar-refractivity contribution in [3.63, 3.8) is 0 Å². The first kappa shape index (κ1) is 16.2. The summed E-state index contributed by atoms with van der Waals surface area (Å²) in [5, 5.41) is 2.17. The number of thiophene rings is 1. The molecule has 0 N–H and O–H groups in total. The van der Waals surface area contributed by atoms with Gasteiger partial charge in [-0.15, -0.1) is 11.3 Å². The average molecular weight is 328 g/mol. The molecule has 1 aliphatic heterocycles. The SMILES string of the molecule is Cc1ccsc1CN(C)C1CCN(C(=O)c2ccccc2)CC1. The Morgan fingerprint density at radius 3 is 2.52 bits per heavy atom. The Hall–Kier alpha value is -1.65. The van der Waals surface area contributed by atoms with Crippen LogP contribution in [0.2, 0.25) is 0 Å². The van der Waals surface area contributed by atoms with Crippen LogP contribution in [0.15, 0.2) is 41.8 Å². The van der Waals surface area contributed by atoms with Gasteiger partial charge >= 0.3 is 0 Å². The Balaban J connectivity index is 1.54. The van der Waals surface area contributed by atoms with Crippen LogP contribution in [-0.4, -0.2) is 41.9 Å². The number of hydrogen-bond acceptors (Lipinski definition) is 3. The molecular formula is C19H24N2OS. The van der Waals surface area contributed by atoms with Crippen LogP contribution >= 0.6 is 11.3 Å². The van der Waals surface area contributed by atoms with Gasteiger partial charge in [-0.05, 0) is 56.0 Å². The molecule has 1 fully saturated rings. The van der Waals surface area contributed by atoms with Crippen LogP contribution in [0.5, 0.6) is 0 Å². The Morgan fingerprint density at radius 1 is 1.22 bits per heavy atom. The predicted octanol–water partition coefficient (Wildman–Crippen LogP) is 3.79. The quantitative estimate of drug-likeness (QED) is 0.852. The van der Waals surface area contributed by atoms with Crippen molar-refractivity contribution in [1.82, 2.24) is 9.80 Å². The summed E-state index contributed by atoms with van der Waals surface area (Å²) in [5.74, 6) is 0.167. The van der Waals surface area contributed by atoms with Crippen LogP contribution < -0.4 is 0 Å². The summed E-state index contributed by atoms with van der Waals surface area (Å²) in [7, 11) is 2.21. The van der Waals surface area contributed by atoms with Crippen molar-refractivity contribution in [2.45, 2.75) is 32.4 Å². The van der Waals surface area contributed by atoms with Gasteiger partial charge in [-0.2, -0.15) is 0 Å². The fourth-order valence-corrected chi connectivity index (χ4v) is 4.16. The van der Waals surface area contributed by atoms with Crippen LogP contribution in [-0.2, 0) is 6.54 Å². The maximum atomic E-state index is 12.5. The second-order valence-electron chi connectivity index (χ2n) is 6.33. The number of carbonyl (C=O) groups excluding carboxylic acids is 1. The van der Waals surface area contributed by atoms with Crippen molar-refractivity contribution in [1.29, 1.82) is 0 Å². The van der Waals surface area contributed by atoms with Crippen molar-refractivity contribution in [3.05, 3.63) is 57.8 Å². The van der Waals surface area contributed by atoms with E-state index >= 15 is 0 Å². The van der Waals surface area contributed by atoms with E-state index in [0.717, 1.165) is 38.0 Å². The summed E-state index contributed by atoms with van der Waals surface area (Å²) in [5.41, 5.74) is 2.19. The minimum atomic E-state index is 0.167. The maximum absolute atomic E-state index is 12.5. The van der Waals surface area contributed by atoms with E-state index in [1.807, 2.05) is 46.6 Å². The molecule has 4 heteroatoms. The van der Waals surface area contributed by atoms with Crippen molar-refractivity contribution < 1.29 is 4.79 Å². The van der Waals surface area contributed by atoms with Crippen LogP contribution in [0.1, 0.15) is 33.6 Å². The zero-order valence-corrected chi connectivity index (χ0v) is 14.7. The highest BCUT2D eigenvalue weighted by Crippen LogP contribution is 2.22. The van der Waals surface area contributed by atoms with Crippen LogP contribution in [0.4, 0.5) is 0 Å². The van der Waals surface area contributed by atoms with Crippen LogP contribution in [0.25, 0.3) is 0 Å². The van der Waals surface area contributed by atoms with E-state index < -0.39 is 0 Å². The number of aryl methyl sites for hydroxylation is 1. The highest BCUT2D eigenvalue weighted by molar-refractivity contribution is 7.10. The second-order valence-corrected chi connectivity index (χ2v) is 7.33. The van der Waals surface area contributed by atoms with Gasteiger partial charge in [0.2, 0.25) is 0 Å². The first-order valence-corrected chi connectivity index (χ1v) is 9.10. The predicted molar refractivity (Wildman–Crippen MR) is 95.9 cm³/mol. The molecule has 2 aromatic rings. The van der Waals surface area contributed by atoms with Gasteiger partial charge in [0, 0.05) is 36.1 Å². The lowest BCUT2D eigenvalue weighted by Gasteiger charge is -2.36. The molecule has 0 saturated carbocycles. The normalized spacial score (nSPS) is 16.0. The van der Waals surface area contributed by atoms with E-state index in [2.05, 4.69) is 30.3 Å². The molecule has 23 heavy (non-hydrogen) atoms. The Bertz CT molecular complexity index is 644. The molecule has 1 amide bonds. The average Bonchev–Trinajstić information content (AvgIpc) is 3.00. The van der Waals surface area contributed by atoms with Crippen molar-refractivity contribution in [3.8, 4) is 0 Å². The highest BCUT2D eigenvalue weighted by atomic mass is 32.1. The molecule has 0 bridgehead atoms. The van der Waals surface area contributed by atoms with E-state index in [9.17, 15) is 4.79 Å². The number of rotatable bonds is 4. The van der Waals surface area contributed by atoms with Crippen LogP contribution in [0.3, 0.4) is 0 Å². The Kier molecular flexibility index (Phi) is 5.13. The third-order valence-electron chi connectivity index (χ3n) is 4.76. The van der Waals surface area contributed by atoms with Gasteiger partial charge in [0.1, 0.15) is 0 Å². The molecule has 3 rings (SSSR count). The zero-order valence-electron chi connectivity index (χ0n) is 13.9. The van der Waals surface area contributed by atoms with Gasteiger partial charge in [-0.1, -0.05) is 18.2 Å². The summed E-state index contributed by atoms with van der Waals surface area (Å²) < 4.78 is 0. The van der Waals surface area contributed by atoms with Gasteiger partial charge in [0.05, 0.1) is 0 Å². The molecule has 0 aliphatic carbocycles. The number of benzene rings is 1. The lowest BCUT2D eigenvalue weighted by Crippen LogP contribution is -2.45. The summed E-state index contributed by atoms with van der Waals surface area (Å²) in [6, 6.07) is 12.4. The van der Waals surface area contributed by atoms with E-state index in [1.54, 1.807) is 0 Å². The molecular weight excluding hydrogens is 304 g/mol. The third-order valence-corrected chi connectivity index (χ3v) is 5.76. The van der Waals surface area contributed by atoms with Crippen molar-refractivity contribution in [2.24, 2.45) is 0 Å². The lowest BCUT2D eigenvalue weighted by molar-refractivity contribution is 0.0640. The molecule has 122 valence electrons. The molecule has 3 nitrogen and oxygen atoms in total. The Labute approximate surface area is 142 Å². The van der Waals surface area contributed by atoms with Gasteiger partial charge in [0.15, 0.2) is 0 Å². The standard InChI is InChI=1S/C19H24N2OS/c1-15-10-13-23-18(15)14-20(2)17-8-11-21(12-9-17)19(22)16-6-4-3-5-7-16/h3-7,10,13,17H,8-9,11-12,14H2,1-2H3. The van der Waals surface area contributed by atoms with Crippen molar-refractivity contribution in [2.75, 3.05) is 20.1 Å². The van der Waals surface area contributed by atoms with Gasteiger partial charge in [-0.25, -0.2) is 0 Å². The summed E-state index contributed by atoms with van der Waals surface area (Å²) >= 11 is 1.84. The van der Waals surface area contributed by atoms with E-state index in [0.29, 0.717) is 6.04 Å². The largest absolute Gasteiger partial charge is 0.339 e. The molecule has 0 radical (unpaired) electrons. The zero-order chi connectivity index (χ0) is 16.2. The summed E-state index contributed by atoms with van der Waals surface area (Å²) in [6.07, 6.45) is 2.11. The summed E-state index contributed by atoms with van der Waals surface area (Å²) in [6.45, 7) is 4.90. The van der Waals surface area contributed by atoms with Gasteiger partial charge in [0.25, 0.3) is 5.91 Å². The molecule has 1 aromatic carbocycles. The number of piperidine rings is 1. The summed E-state index contributed by atoms with van der Waals surface area (Å²) in [4.78, 5) is 18.4. The fraction of sp³-hybridized carbons (Fsp3) is 0.421. The number of hydrogen-bond donors (Lipinski definition) is 0. The first-order valence-electron chi connectivity index (χ1n) is 8.22. The smallest absolute Gasteiger partial charge is 0.253 e. The minimum absolute atomic E-state index is 0.167. The lowest BCUT2D eigenvalue weighted by atomic mass is 10.0. The highest BCUT2D eigenvalue weighted by Gasteiger charge is 2.26. The molecule has 2 heterocycles. The minimum Gasteiger partial charge on any atom is -0.339 e. The first-order chi connectivity index (χ1) is 11.1. The third kappa shape index (κ3) is 3.82. The molecule has 1 saturated heterocycles. The van der Waals surface area contributed by atoms with E-state index in [4.69, 9.17) is 0 Å². The molecule has 0 atom stereocenters. The van der Waals surface area contributed by atoms with Gasteiger partial charge in [-0.3, -0.25) is 9.69 Å². The molecule has 1 aromatic heterocycles. The van der Waals surface area contributed by atoms with Gasteiger partial charge < -0.3 is 4.90 Å². The molecule has 1 aliphatic rings. The Morgan fingerprint density at radius 2 is 1.91 bits per heavy atom. The van der Waals surface area contributed by atoms with Crippen molar-refractivity contribution >= 4 is 17.2 Å². The fourth-order valence-electron chi connectivity index (χ4n) is 3.19. The second kappa shape index (κ2) is 7.28. The van der Waals surface area contributed by atoms with Crippen LogP contribution in [0, 0.1) is 6.92 Å². The number of carbonyl (C=O) groups is 1. The number of likely N-dealkylation sites (tertiary alicyclic amines) is 1. The van der Waals surface area contributed by atoms with E-state index in [1.165, 1.54) is 10.4 Å². The molecule has 0 spiro atoms. The maximum Gasteiger partial charge on any atom is 0.253 e. The molecule has 0 unspecified atom stereocenters. The number of nitrogens with zero attached hydrogens (tertiary/aromatic N) is 2. The monoisotopic (exact) mass is 328 g/mol. The van der Waals surface area contributed by atoms with E-state index in [-0.39, 0.29) is 5.91 Å². The number of amides is 1.